The van der Waals surface area contributed by atoms with Crippen molar-refractivity contribution in [3.05, 3.63) is 36.0 Å². The van der Waals surface area contributed by atoms with Crippen molar-refractivity contribution in [3.8, 4) is 0 Å². The Morgan fingerprint density at radius 1 is 1.31 bits per heavy atom. The number of rotatable bonds is 2. The Labute approximate surface area is 95.8 Å². The maximum absolute atomic E-state index is 5.85. The number of benzene rings is 1. The first kappa shape index (κ1) is 9.91. The monoisotopic (exact) mass is 214 g/mol. The number of para-hydroxylation sites is 1. The molecule has 3 rings (SSSR count). The molecule has 1 saturated carbocycles. The largest absolute Gasteiger partial charge is 0.361 e. The summed E-state index contributed by atoms with van der Waals surface area (Å²) in [5.74, 6) is 1.24. The number of nitrogens with two attached hydrogens (primary N) is 1. The van der Waals surface area contributed by atoms with Gasteiger partial charge in [0.25, 0.3) is 0 Å². The molecule has 1 heterocycles. The molecule has 2 heteroatoms. The topological polar surface area (TPSA) is 41.8 Å². The number of aromatic amines is 1. The molecule has 1 aliphatic rings. The Hall–Kier alpha value is -1.28. The Kier molecular flexibility index (Phi) is 1.93. The van der Waals surface area contributed by atoms with Crippen LogP contribution in [0.4, 0.5) is 0 Å². The number of nitrogens with one attached hydrogen (secondary N) is 1. The normalized spacial score (nSPS) is 27.2. The molecule has 0 spiro atoms. The van der Waals surface area contributed by atoms with Crippen molar-refractivity contribution in [1.29, 1.82) is 0 Å². The number of H-pyrrole nitrogens is 1. The predicted octanol–water partition coefficient (Wildman–Crippen LogP) is 2.87. The summed E-state index contributed by atoms with van der Waals surface area (Å²) in [5, 5.41) is 1.30. The smallest absolute Gasteiger partial charge is 0.0489 e. The van der Waals surface area contributed by atoms with E-state index in [-0.39, 0.29) is 0 Å². The van der Waals surface area contributed by atoms with Crippen molar-refractivity contribution >= 4 is 10.9 Å². The quantitative estimate of drug-likeness (QED) is 0.793. The minimum absolute atomic E-state index is 0.355. The Balaban J connectivity index is 2.11. The molecular weight excluding hydrogens is 196 g/mol. The molecule has 0 radical (unpaired) electrons. The van der Waals surface area contributed by atoms with Crippen molar-refractivity contribution in [2.45, 2.75) is 19.8 Å². The second kappa shape index (κ2) is 3.11. The van der Waals surface area contributed by atoms with E-state index >= 15 is 0 Å². The summed E-state index contributed by atoms with van der Waals surface area (Å²) in [7, 11) is 0. The van der Waals surface area contributed by atoms with Gasteiger partial charge in [-0.25, -0.2) is 0 Å². The van der Waals surface area contributed by atoms with Crippen molar-refractivity contribution in [1.82, 2.24) is 4.98 Å². The highest BCUT2D eigenvalue weighted by Gasteiger charge is 2.57. The molecule has 2 atom stereocenters. The first-order valence-electron chi connectivity index (χ1n) is 5.92. The summed E-state index contributed by atoms with van der Waals surface area (Å²) >= 11 is 0. The van der Waals surface area contributed by atoms with E-state index in [0.717, 1.165) is 6.54 Å². The zero-order valence-electron chi connectivity index (χ0n) is 9.83. The zero-order chi connectivity index (χ0) is 11.3. The van der Waals surface area contributed by atoms with Gasteiger partial charge in [0.2, 0.25) is 0 Å². The molecule has 2 nitrogen and oxygen atoms in total. The van der Waals surface area contributed by atoms with Gasteiger partial charge in [0.15, 0.2) is 0 Å². The van der Waals surface area contributed by atoms with Crippen LogP contribution < -0.4 is 5.73 Å². The highest BCUT2D eigenvalue weighted by Crippen LogP contribution is 2.64. The van der Waals surface area contributed by atoms with E-state index in [1.807, 2.05) is 6.20 Å². The van der Waals surface area contributed by atoms with Crippen LogP contribution >= 0.6 is 0 Å². The van der Waals surface area contributed by atoms with Crippen molar-refractivity contribution in [2.24, 2.45) is 17.1 Å². The molecule has 0 bridgehead atoms. The van der Waals surface area contributed by atoms with Crippen LogP contribution in [0.25, 0.3) is 10.9 Å². The minimum atomic E-state index is 0.355. The van der Waals surface area contributed by atoms with Gasteiger partial charge in [0.1, 0.15) is 0 Å². The fourth-order valence-electron chi connectivity index (χ4n) is 3.17. The van der Waals surface area contributed by atoms with Gasteiger partial charge in [-0.05, 0) is 40.8 Å². The van der Waals surface area contributed by atoms with Gasteiger partial charge in [-0.2, -0.15) is 0 Å². The van der Waals surface area contributed by atoms with Crippen LogP contribution in [0.15, 0.2) is 30.5 Å². The Bertz CT molecular complexity index is 524. The van der Waals surface area contributed by atoms with Crippen molar-refractivity contribution in [2.75, 3.05) is 6.54 Å². The minimum Gasteiger partial charge on any atom is -0.361 e. The number of hydrogen-bond acceptors (Lipinski definition) is 1. The molecule has 3 N–H and O–H groups in total. The first-order chi connectivity index (χ1) is 7.66. The molecule has 1 aromatic carbocycles. The van der Waals surface area contributed by atoms with E-state index in [2.05, 4.69) is 43.1 Å². The fraction of sp³-hybridized carbons (Fsp3) is 0.429. The second-order valence-electron chi connectivity index (χ2n) is 5.43. The fourth-order valence-corrected chi connectivity index (χ4v) is 3.17. The maximum atomic E-state index is 5.85. The highest BCUT2D eigenvalue weighted by molar-refractivity contribution is 5.83. The van der Waals surface area contributed by atoms with E-state index in [1.54, 1.807) is 0 Å². The molecule has 0 amide bonds. The van der Waals surface area contributed by atoms with Crippen LogP contribution in [0.3, 0.4) is 0 Å². The molecule has 16 heavy (non-hydrogen) atoms. The van der Waals surface area contributed by atoms with Gasteiger partial charge in [-0.1, -0.05) is 32.0 Å². The van der Waals surface area contributed by atoms with Crippen molar-refractivity contribution < 1.29 is 0 Å². The van der Waals surface area contributed by atoms with Crippen molar-refractivity contribution in [3.63, 3.8) is 0 Å². The molecule has 0 unspecified atom stereocenters. The molecular formula is C14H18N2. The SMILES string of the molecule is CC1(C)[C@H](CN)[C@H]1c1cccc2cc[nH]c12. The summed E-state index contributed by atoms with van der Waals surface area (Å²) in [6, 6.07) is 8.67. The first-order valence-corrected chi connectivity index (χ1v) is 5.92. The zero-order valence-corrected chi connectivity index (χ0v) is 9.83. The molecule has 84 valence electrons. The standard InChI is InChI=1S/C14H18N2/c1-14(2)11(8-15)12(14)10-5-3-4-9-6-7-16-13(9)10/h3-7,11-12,16H,8,15H2,1-2H3/t11-,12-/m1/s1. The lowest BCUT2D eigenvalue weighted by molar-refractivity contribution is 0.559. The molecule has 1 aromatic heterocycles. The summed E-state index contributed by atoms with van der Waals surface area (Å²) in [6.07, 6.45) is 2.01. The summed E-state index contributed by atoms with van der Waals surface area (Å²) in [5.41, 5.74) is 8.92. The van der Waals surface area contributed by atoms with Crippen LogP contribution in [0, 0.1) is 11.3 Å². The van der Waals surface area contributed by atoms with E-state index in [0.29, 0.717) is 17.3 Å². The molecule has 1 fully saturated rings. The average molecular weight is 214 g/mol. The van der Waals surface area contributed by atoms with E-state index in [1.165, 1.54) is 16.5 Å². The lowest BCUT2D eigenvalue weighted by atomic mass is 10.0. The van der Waals surface area contributed by atoms with Crippen LogP contribution in [0.2, 0.25) is 0 Å². The number of fused-ring (bicyclic) bond motifs is 1. The molecule has 0 aliphatic heterocycles. The lowest BCUT2D eigenvalue weighted by Gasteiger charge is -2.04. The average Bonchev–Trinajstić information content (AvgIpc) is 2.65. The van der Waals surface area contributed by atoms with E-state index in [4.69, 9.17) is 5.73 Å². The predicted molar refractivity (Wildman–Crippen MR) is 67.4 cm³/mol. The third kappa shape index (κ3) is 1.17. The Morgan fingerprint density at radius 3 is 2.81 bits per heavy atom. The molecule has 0 saturated heterocycles. The number of hydrogen-bond donors (Lipinski definition) is 2. The summed E-state index contributed by atoms with van der Waals surface area (Å²) in [4.78, 5) is 3.35. The third-order valence-electron chi connectivity index (χ3n) is 4.26. The van der Waals surface area contributed by atoms with Crippen LogP contribution in [0.5, 0.6) is 0 Å². The maximum Gasteiger partial charge on any atom is 0.0489 e. The third-order valence-corrected chi connectivity index (χ3v) is 4.26. The molecule has 1 aliphatic carbocycles. The van der Waals surface area contributed by atoms with Gasteiger partial charge >= 0.3 is 0 Å². The lowest BCUT2D eigenvalue weighted by Crippen LogP contribution is -2.05. The van der Waals surface area contributed by atoms with Gasteiger partial charge in [0.05, 0.1) is 0 Å². The van der Waals surface area contributed by atoms with Crippen LogP contribution in [-0.2, 0) is 0 Å². The van der Waals surface area contributed by atoms with Crippen LogP contribution in [0.1, 0.15) is 25.3 Å². The van der Waals surface area contributed by atoms with Gasteiger partial charge in [-0.15, -0.1) is 0 Å². The van der Waals surface area contributed by atoms with E-state index in [9.17, 15) is 0 Å². The Morgan fingerprint density at radius 2 is 2.12 bits per heavy atom. The summed E-state index contributed by atoms with van der Waals surface area (Å²) in [6.45, 7) is 5.42. The van der Waals surface area contributed by atoms with E-state index < -0.39 is 0 Å². The molecule has 2 aromatic rings. The highest BCUT2D eigenvalue weighted by atomic mass is 14.7. The van der Waals surface area contributed by atoms with Gasteiger partial charge in [-0.3, -0.25) is 0 Å². The van der Waals surface area contributed by atoms with Gasteiger partial charge in [0, 0.05) is 11.7 Å². The number of aromatic nitrogens is 1. The van der Waals surface area contributed by atoms with Gasteiger partial charge < -0.3 is 10.7 Å². The van der Waals surface area contributed by atoms with Crippen LogP contribution in [-0.4, -0.2) is 11.5 Å². The summed E-state index contributed by atoms with van der Waals surface area (Å²) < 4.78 is 0. The second-order valence-corrected chi connectivity index (χ2v) is 5.43.